The molecule has 1 heterocycles. The molecule has 0 saturated carbocycles. The van der Waals surface area contributed by atoms with Crippen molar-refractivity contribution in [3.05, 3.63) is 60.3 Å². The van der Waals surface area contributed by atoms with Crippen molar-refractivity contribution in [2.24, 2.45) is 0 Å². The molecule has 0 aliphatic rings. The van der Waals surface area contributed by atoms with E-state index in [-0.39, 0.29) is 12.3 Å². The quantitative estimate of drug-likeness (QED) is 0.673. The predicted octanol–water partition coefficient (Wildman–Crippen LogP) is 2.93. The van der Waals surface area contributed by atoms with Crippen LogP contribution in [-0.4, -0.2) is 27.2 Å². The van der Waals surface area contributed by atoms with E-state index in [1.54, 1.807) is 49.5 Å². The molecule has 0 bridgehead atoms. The van der Waals surface area contributed by atoms with Gasteiger partial charge in [-0.15, -0.1) is 0 Å². The first-order valence-electron chi connectivity index (χ1n) is 7.51. The van der Waals surface area contributed by atoms with Crippen LogP contribution in [0.4, 0.5) is 5.69 Å². The van der Waals surface area contributed by atoms with E-state index in [1.807, 2.05) is 12.1 Å². The largest absolute Gasteiger partial charge is 0.481 e. The summed E-state index contributed by atoms with van der Waals surface area (Å²) >= 11 is 0. The second kappa shape index (κ2) is 6.16. The number of carbonyl (C=O) groups excluding carboxylic acids is 1. The number of amides is 1. The molecule has 2 aromatic carbocycles. The summed E-state index contributed by atoms with van der Waals surface area (Å²) in [5.74, 6) is -1.39. The average molecular weight is 323 g/mol. The van der Waals surface area contributed by atoms with Crippen molar-refractivity contribution in [3.8, 4) is 0 Å². The smallest absolute Gasteiger partial charge is 0.314 e. The second-order valence-electron chi connectivity index (χ2n) is 5.90. The lowest BCUT2D eigenvalue weighted by Gasteiger charge is -2.24. The Morgan fingerprint density at radius 2 is 1.96 bits per heavy atom. The van der Waals surface area contributed by atoms with E-state index in [0.29, 0.717) is 11.3 Å². The fourth-order valence-corrected chi connectivity index (χ4v) is 2.65. The number of carbonyl (C=O) groups is 2. The third-order valence-corrected chi connectivity index (χ3v) is 4.12. The van der Waals surface area contributed by atoms with Crippen molar-refractivity contribution in [1.82, 2.24) is 10.2 Å². The first kappa shape index (κ1) is 15.7. The number of aliphatic carboxylic acids is 1. The third-order valence-electron chi connectivity index (χ3n) is 4.12. The minimum atomic E-state index is -1.29. The number of hydrogen-bond donors (Lipinski definition) is 3. The monoisotopic (exact) mass is 323 g/mol. The third kappa shape index (κ3) is 2.99. The van der Waals surface area contributed by atoms with Crippen molar-refractivity contribution in [1.29, 1.82) is 0 Å². The molecule has 3 rings (SSSR count). The molecule has 1 atom stereocenters. The van der Waals surface area contributed by atoms with E-state index in [4.69, 9.17) is 0 Å². The highest BCUT2D eigenvalue weighted by Gasteiger charge is 2.37. The molecule has 1 amide bonds. The first-order valence-corrected chi connectivity index (χ1v) is 7.51. The summed E-state index contributed by atoms with van der Waals surface area (Å²) in [5, 5.41) is 20.1. The number of hydrogen-bond acceptors (Lipinski definition) is 3. The van der Waals surface area contributed by atoms with Crippen molar-refractivity contribution >= 4 is 28.5 Å². The van der Waals surface area contributed by atoms with E-state index in [0.717, 1.165) is 10.9 Å². The van der Waals surface area contributed by atoms with E-state index in [9.17, 15) is 14.7 Å². The normalized spacial score (nSPS) is 13.4. The summed E-state index contributed by atoms with van der Waals surface area (Å²) < 4.78 is 0. The Kier molecular flexibility index (Phi) is 4.04. The van der Waals surface area contributed by atoms with Gasteiger partial charge >= 0.3 is 5.97 Å². The summed E-state index contributed by atoms with van der Waals surface area (Å²) in [6.45, 7) is 1.56. The predicted molar refractivity (Wildman–Crippen MR) is 90.8 cm³/mol. The molecule has 3 N–H and O–H groups in total. The van der Waals surface area contributed by atoms with E-state index in [1.165, 1.54) is 0 Å². The fourth-order valence-electron chi connectivity index (χ4n) is 2.65. The van der Waals surface area contributed by atoms with Crippen molar-refractivity contribution in [3.63, 3.8) is 0 Å². The molecule has 6 heteroatoms. The van der Waals surface area contributed by atoms with Crippen LogP contribution in [-0.2, 0) is 15.0 Å². The van der Waals surface area contributed by atoms with Gasteiger partial charge in [-0.1, -0.05) is 30.3 Å². The van der Waals surface area contributed by atoms with Crippen LogP contribution in [0.1, 0.15) is 18.9 Å². The molecular weight excluding hydrogens is 306 g/mol. The van der Waals surface area contributed by atoms with Gasteiger partial charge in [-0.3, -0.25) is 14.7 Å². The van der Waals surface area contributed by atoms with Gasteiger partial charge in [0.1, 0.15) is 0 Å². The van der Waals surface area contributed by atoms with Crippen molar-refractivity contribution in [2.45, 2.75) is 18.8 Å². The minimum absolute atomic E-state index is 0.159. The number of carboxylic acid groups (broad SMARTS) is 1. The summed E-state index contributed by atoms with van der Waals surface area (Å²) in [6.07, 6.45) is 1.53. The number of fused-ring (bicyclic) bond motifs is 1. The topological polar surface area (TPSA) is 95.1 Å². The maximum atomic E-state index is 12.4. The van der Waals surface area contributed by atoms with Gasteiger partial charge in [-0.05, 0) is 30.7 Å². The van der Waals surface area contributed by atoms with E-state index in [2.05, 4.69) is 15.5 Å². The number of nitrogens with one attached hydrogen (secondary N) is 2. The van der Waals surface area contributed by atoms with E-state index >= 15 is 0 Å². The maximum absolute atomic E-state index is 12.4. The zero-order valence-electron chi connectivity index (χ0n) is 13.1. The number of benzene rings is 2. The molecule has 24 heavy (non-hydrogen) atoms. The number of aromatic amines is 1. The van der Waals surface area contributed by atoms with Gasteiger partial charge in [0.25, 0.3) is 0 Å². The number of carboxylic acids is 1. The molecule has 0 unspecified atom stereocenters. The summed E-state index contributed by atoms with van der Waals surface area (Å²) in [4.78, 5) is 24.1. The molecule has 0 aliphatic carbocycles. The summed E-state index contributed by atoms with van der Waals surface area (Å²) in [7, 11) is 0. The zero-order valence-corrected chi connectivity index (χ0v) is 13.1. The molecule has 6 nitrogen and oxygen atoms in total. The Balaban J connectivity index is 1.80. The zero-order chi connectivity index (χ0) is 17.2. The van der Waals surface area contributed by atoms with Gasteiger partial charge in [0.15, 0.2) is 0 Å². The van der Waals surface area contributed by atoms with Crippen LogP contribution >= 0.6 is 0 Å². The van der Waals surface area contributed by atoms with Gasteiger partial charge in [0.2, 0.25) is 5.91 Å². The highest BCUT2D eigenvalue weighted by atomic mass is 16.4. The fraction of sp³-hybridized carbons (Fsp3) is 0.167. The molecule has 122 valence electrons. The number of aromatic nitrogens is 2. The molecule has 0 radical (unpaired) electrons. The number of nitrogens with zero attached hydrogens (tertiary/aromatic N) is 1. The van der Waals surface area contributed by atoms with Gasteiger partial charge in [-0.2, -0.15) is 5.10 Å². The Bertz CT molecular complexity index is 889. The van der Waals surface area contributed by atoms with Crippen LogP contribution in [0.5, 0.6) is 0 Å². The molecule has 3 aromatic rings. The maximum Gasteiger partial charge on any atom is 0.314 e. The lowest BCUT2D eigenvalue weighted by molar-refractivity contribution is -0.145. The van der Waals surface area contributed by atoms with Crippen LogP contribution in [0, 0.1) is 0 Å². The Morgan fingerprint density at radius 1 is 1.21 bits per heavy atom. The lowest BCUT2D eigenvalue weighted by atomic mass is 9.79. The second-order valence-corrected chi connectivity index (χ2v) is 5.90. The van der Waals surface area contributed by atoms with Crippen LogP contribution in [0.3, 0.4) is 0 Å². The van der Waals surface area contributed by atoms with Crippen LogP contribution in [0.2, 0.25) is 0 Å². The van der Waals surface area contributed by atoms with Gasteiger partial charge in [-0.25, -0.2) is 0 Å². The first-order chi connectivity index (χ1) is 11.5. The van der Waals surface area contributed by atoms with Gasteiger partial charge < -0.3 is 10.4 Å². The standard InChI is InChI=1S/C18H17N3O3/c1-18(17(23)24,13-5-3-2-4-6-13)10-16(22)20-14-8-7-12-11-19-21-15(12)9-14/h2-9,11H,10H2,1H3,(H,19,21)(H,20,22)(H,23,24)/t18-/m0/s1. The highest BCUT2D eigenvalue weighted by molar-refractivity contribution is 5.97. The molecule has 0 fully saturated rings. The van der Waals surface area contributed by atoms with Crippen molar-refractivity contribution < 1.29 is 14.7 Å². The lowest BCUT2D eigenvalue weighted by Crippen LogP contribution is -2.36. The Morgan fingerprint density at radius 3 is 2.67 bits per heavy atom. The molecule has 0 saturated heterocycles. The molecule has 1 aromatic heterocycles. The Labute approximate surface area is 138 Å². The molecule has 0 spiro atoms. The summed E-state index contributed by atoms with van der Waals surface area (Å²) in [6, 6.07) is 14.1. The van der Waals surface area contributed by atoms with Crippen molar-refractivity contribution in [2.75, 3.05) is 5.32 Å². The molecular formula is C18H17N3O3. The minimum Gasteiger partial charge on any atom is -0.481 e. The van der Waals surface area contributed by atoms with Crippen LogP contribution in [0.25, 0.3) is 10.9 Å². The van der Waals surface area contributed by atoms with Gasteiger partial charge in [0, 0.05) is 17.5 Å². The van der Waals surface area contributed by atoms with Gasteiger partial charge in [0.05, 0.1) is 17.1 Å². The average Bonchev–Trinajstić information content (AvgIpc) is 3.03. The SMILES string of the molecule is C[C@@](CC(=O)Nc1ccc2cn[nH]c2c1)(C(=O)O)c1ccccc1. The number of anilines is 1. The van der Waals surface area contributed by atoms with Crippen LogP contribution in [0.15, 0.2) is 54.7 Å². The molecule has 0 aliphatic heterocycles. The van der Waals surface area contributed by atoms with E-state index < -0.39 is 11.4 Å². The highest BCUT2D eigenvalue weighted by Crippen LogP contribution is 2.28. The van der Waals surface area contributed by atoms with Crippen LogP contribution < -0.4 is 5.32 Å². The number of H-pyrrole nitrogens is 1. The Hall–Kier alpha value is -3.15. The summed E-state index contributed by atoms with van der Waals surface area (Å²) in [5.41, 5.74) is 0.703. The number of rotatable bonds is 5.